The van der Waals surface area contributed by atoms with Crippen LogP contribution in [0.5, 0.6) is 0 Å². The minimum atomic E-state index is 0.0898. The number of nitrogens with zero attached hydrogens (tertiary/aromatic N) is 4. The second kappa shape index (κ2) is 9.35. The molecule has 0 atom stereocenters. The van der Waals surface area contributed by atoms with E-state index in [-0.39, 0.29) is 11.8 Å². The Balaban J connectivity index is 1.43. The third-order valence-electron chi connectivity index (χ3n) is 5.17. The molecule has 1 N–H and O–H groups in total. The fraction of sp³-hybridized carbons (Fsp3) is 0.476. The van der Waals surface area contributed by atoms with Gasteiger partial charge < -0.3 is 15.1 Å². The quantitative estimate of drug-likeness (QED) is 0.815. The summed E-state index contributed by atoms with van der Waals surface area (Å²) in [6.45, 7) is 8.37. The Labute approximate surface area is 161 Å². The zero-order valence-corrected chi connectivity index (χ0v) is 16.3. The molecule has 2 aromatic rings. The minimum Gasteiger partial charge on any atom is -0.370 e. The Morgan fingerprint density at radius 3 is 2.78 bits per heavy atom. The highest BCUT2D eigenvalue weighted by atomic mass is 16.1. The van der Waals surface area contributed by atoms with Gasteiger partial charge in [0.05, 0.1) is 6.20 Å². The Morgan fingerprint density at radius 1 is 1.30 bits per heavy atom. The summed E-state index contributed by atoms with van der Waals surface area (Å²) < 4.78 is 0. The number of anilines is 2. The molecular formula is C21H29N5O. The van der Waals surface area contributed by atoms with Gasteiger partial charge in [0, 0.05) is 56.7 Å². The van der Waals surface area contributed by atoms with Crippen LogP contribution in [-0.2, 0) is 4.79 Å². The third-order valence-corrected chi connectivity index (χ3v) is 5.17. The predicted molar refractivity (Wildman–Crippen MR) is 109 cm³/mol. The number of carbonyl (C=O) groups excluding carboxylic acids is 1. The summed E-state index contributed by atoms with van der Waals surface area (Å²) in [5.41, 5.74) is 2.47. The van der Waals surface area contributed by atoms with Gasteiger partial charge in [-0.2, -0.15) is 0 Å². The van der Waals surface area contributed by atoms with Crippen LogP contribution in [0.1, 0.15) is 25.3 Å². The first kappa shape index (κ1) is 19.1. The van der Waals surface area contributed by atoms with Gasteiger partial charge in [0.25, 0.3) is 0 Å². The summed E-state index contributed by atoms with van der Waals surface area (Å²) in [5, 5.41) is 3.13. The molecule has 1 aliphatic rings. The standard InChI is InChI=1S/C21H29N5O/c1-3-25(19-6-4-5-17(2)15-19)14-11-24-21(27)18-7-12-26(13-8-18)20-16-22-9-10-23-20/h4-6,9-10,15-16,18H,3,7-8,11-14H2,1-2H3,(H,24,27). The first-order chi connectivity index (χ1) is 13.2. The van der Waals surface area contributed by atoms with Crippen LogP contribution in [0.3, 0.4) is 0 Å². The Hall–Kier alpha value is -2.63. The summed E-state index contributed by atoms with van der Waals surface area (Å²) in [5.74, 6) is 1.16. The molecule has 0 saturated carbocycles. The van der Waals surface area contributed by atoms with Gasteiger partial charge in [0.1, 0.15) is 5.82 Å². The van der Waals surface area contributed by atoms with Crippen molar-refractivity contribution < 1.29 is 4.79 Å². The number of carbonyl (C=O) groups is 1. The van der Waals surface area contributed by atoms with E-state index in [0.717, 1.165) is 44.8 Å². The number of piperidine rings is 1. The van der Waals surface area contributed by atoms with E-state index in [9.17, 15) is 4.79 Å². The lowest BCUT2D eigenvalue weighted by Gasteiger charge is -2.32. The molecule has 1 amide bonds. The van der Waals surface area contributed by atoms with Crippen molar-refractivity contribution in [2.75, 3.05) is 42.5 Å². The van der Waals surface area contributed by atoms with Crippen LogP contribution in [0, 0.1) is 12.8 Å². The average Bonchev–Trinajstić information content (AvgIpc) is 2.72. The summed E-state index contributed by atoms with van der Waals surface area (Å²) in [6, 6.07) is 8.50. The second-order valence-electron chi connectivity index (χ2n) is 7.03. The molecule has 0 spiro atoms. The molecule has 2 heterocycles. The lowest BCUT2D eigenvalue weighted by Crippen LogP contribution is -2.43. The van der Waals surface area contributed by atoms with E-state index >= 15 is 0 Å². The number of hydrogen-bond donors (Lipinski definition) is 1. The maximum Gasteiger partial charge on any atom is 0.223 e. The monoisotopic (exact) mass is 367 g/mol. The molecule has 0 unspecified atom stereocenters. The molecule has 0 bridgehead atoms. The maximum atomic E-state index is 12.5. The second-order valence-corrected chi connectivity index (χ2v) is 7.03. The fourth-order valence-electron chi connectivity index (χ4n) is 3.58. The van der Waals surface area contributed by atoms with Crippen LogP contribution < -0.4 is 15.1 Å². The normalized spacial score (nSPS) is 14.8. The first-order valence-corrected chi connectivity index (χ1v) is 9.77. The summed E-state index contributed by atoms with van der Waals surface area (Å²) in [4.78, 5) is 25.5. The van der Waals surface area contributed by atoms with E-state index in [1.807, 2.05) is 0 Å². The number of hydrogen-bond acceptors (Lipinski definition) is 5. The van der Waals surface area contributed by atoms with Crippen LogP contribution >= 0.6 is 0 Å². The Bertz CT molecular complexity index is 728. The van der Waals surface area contributed by atoms with E-state index in [2.05, 4.69) is 63.2 Å². The van der Waals surface area contributed by atoms with Gasteiger partial charge in [0.2, 0.25) is 5.91 Å². The molecule has 0 aliphatic carbocycles. The smallest absolute Gasteiger partial charge is 0.223 e. The van der Waals surface area contributed by atoms with E-state index in [4.69, 9.17) is 0 Å². The van der Waals surface area contributed by atoms with E-state index in [0.29, 0.717) is 6.54 Å². The zero-order chi connectivity index (χ0) is 19.1. The molecule has 1 aromatic heterocycles. The van der Waals surface area contributed by atoms with Crippen molar-refractivity contribution in [1.82, 2.24) is 15.3 Å². The number of benzene rings is 1. The number of aromatic nitrogens is 2. The topological polar surface area (TPSA) is 61.4 Å². The molecule has 6 heteroatoms. The van der Waals surface area contributed by atoms with Crippen molar-refractivity contribution in [2.45, 2.75) is 26.7 Å². The van der Waals surface area contributed by atoms with Gasteiger partial charge in [-0.3, -0.25) is 9.78 Å². The van der Waals surface area contributed by atoms with Crippen molar-refractivity contribution >= 4 is 17.4 Å². The number of nitrogens with one attached hydrogen (secondary N) is 1. The first-order valence-electron chi connectivity index (χ1n) is 9.77. The van der Waals surface area contributed by atoms with Gasteiger partial charge >= 0.3 is 0 Å². The van der Waals surface area contributed by atoms with Gasteiger partial charge in [-0.05, 0) is 44.4 Å². The fourth-order valence-corrected chi connectivity index (χ4v) is 3.58. The van der Waals surface area contributed by atoms with Crippen molar-refractivity contribution in [1.29, 1.82) is 0 Å². The highest BCUT2D eigenvalue weighted by Gasteiger charge is 2.25. The van der Waals surface area contributed by atoms with Gasteiger partial charge in [0.15, 0.2) is 0 Å². The van der Waals surface area contributed by atoms with Crippen LogP contribution in [0.25, 0.3) is 0 Å². The number of amides is 1. The molecule has 1 fully saturated rings. The third kappa shape index (κ3) is 5.18. The number of likely N-dealkylation sites (N-methyl/N-ethyl adjacent to an activating group) is 1. The van der Waals surface area contributed by atoms with Crippen molar-refractivity contribution in [3.63, 3.8) is 0 Å². The van der Waals surface area contributed by atoms with Crippen molar-refractivity contribution in [3.05, 3.63) is 48.4 Å². The molecular weight excluding hydrogens is 338 g/mol. The maximum absolute atomic E-state index is 12.5. The predicted octanol–water partition coefficient (Wildman–Crippen LogP) is 2.64. The molecule has 1 aliphatic heterocycles. The van der Waals surface area contributed by atoms with E-state index in [1.165, 1.54) is 11.3 Å². The lowest BCUT2D eigenvalue weighted by atomic mass is 9.96. The highest BCUT2D eigenvalue weighted by molar-refractivity contribution is 5.79. The van der Waals surface area contributed by atoms with Gasteiger partial charge in [-0.15, -0.1) is 0 Å². The van der Waals surface area contributed by atoms with Gasteiger partial charge in [-0.1, -0.05) is 12.1 Å². The Kier molecular flexibility index (Phi) is 6.63. The molecule has 1 saturated heterocycles. The Morgan fingerprint density at radius 2 is 2.11 bits per heavy atom. The van der Waals surface area contributed by atoms with Crippen molar-refractivity contribution in [3.8, 4) is 0 Å². The molecule has 3 rings (SSSR count). The number of aryl methyl sites for hydroxylation is 1. The zero-order valence-electron chi connectivity index (χ0n) is 16.3. The molecule has 27 heavy (non-hydrogen) atoms. The van der Waals surface area contributed by atoms with Crippen LogP contribution in [0.15, 0.2) is 42.9 Å². The van der Waals surface area contributed by atoms with E-state index < -0.39 is 0 Å². The van der Waals surface area contributed by atoms with Crippen LogP contribution in [0.4, 0.5) is 11.5 Å². The van der Waals surface area contributed by atoms with Crippen LogP contribution in [-0.4, -0.2) is 48.6 Å². The summed E-state index contributed by atoms with van der Waals surface area (Å²) >= 11 is 0. The largest absolute Gasteiger partial charge is 0.370 e. The summed E-state index contributed by atoms with van der Waals surface area (Å²) in [6.07, 6.45) is 6.89. The minimum absolute atomic E-state index is 0.0898. The summed E-state index contributed by atoms with van der Waals surface area (Å²) in [7, 11) is 0. The molecule has 1 aromatic carbocycles. The molecule has 0 radical (unpaired) electrons. The van der Waals surface area contributed by atoms with Gasteiger partial charge in [-0.25, -0.2) is 4.98 Å². The number of rotatable bonds is 7. The van der Waals surface area contributed by atoms with E-state index in [1.54, 1.807) is 18.6 Å². The molecule has 6 nitrogen and oxygen atoms in total. The lowest BCUT2D eigenvalue weighted by molar-refractivity contribution is -0.125. The highest BCUT2D eigenvalue weighted by Crippen LogP contribution is 2.21. The average molecular weight is 367 g/mol. The van der Waals surface area contributed by atoms with Crippen molar-refractivity contribution in [2.24, 2.45) is 5.92 Å². The molecule has 144 valence electrons. The SMILES string of the molecule is CCN(CCNC(=O)C1CCN(c2cnccn2)CC1)c1cccc(C)c1. The van der Waals surface area contributed by atoms with Crippen LogP contribution in [0.2, 0.25) is 0 Å².